The Bertz CT molecular complexity index is 849. The monoisotopic (exact) mass is 313 g/mol. The minimum absolute atomic E-state index is 0.267. The standard InChI is InChI=1S/C16H19N5O2/c1-10-7-13-14(8-11(10)2)21(20-19-13)9-12-3-4-15(23-12)16(22)18-6-5-17/h3-4,7-8H,5-6,9,17H2,1-2H3,(H,18,22). The van der Waals surface area contributed by atoms with Crippen molar-refractivity contribution in [2.75, 3.05) is 13.1 Å². The summed E-state index contributed by atoms with van der Waals surface area (Å²) in [4.78, 5) is 11.8. The first-order chi connectivity index (χ1) is 11.1. The van der Waals surface area contributed by atoms with E-state index in [-0.39, 0.29) is 11.7 Å². The van der Waals surface area contributed by atoms with Gasteiger partial charge in [0.2, 0.25) is 0 Å². The third-order valence-electron chi connectivity index (χ3n) is 3.75. The first kappa shape index (κ1) is 15.2. The normalized spacial score (nSPS) is 11.1. The Morgan fingerprint density at radius 3 is 2.87 bits per heavy atom. The van der Waals surface area contributed by atoms with Gasteiger partial charge in [0.25, 0.3) is 5.91 Å². The van der Waals surface area contributed by atoms with Crippen molar-refractivity contribution in [1.29, 1.82) is 0 Å². The van der Waals surface area contributed by atoms with Crippen LogP contribution >= 0.6 is 0 Å². The summed E-state index contributed by atoms with van der Waals surface area (Å²) in [7, 11) is 0. The van der Waals surface area contributed by atoms with Crippen molar-refractivity contribution in [2.45, 2.75) is 20.4 Å². The second kappa shape index (κ2) is 6.21. The fraction of sp³-hybridized carbons (Fsp3) is 0.312. The molecule has 7 nitrogen and oxygen atoms in total. The molecular formula is C16H19N5O2. The quantitative estimate of drug-likeness (QED) is 0.741. The van der Waals surface area contributed by atoms with E-state index in [0.717, 1.165) is 11.0 Å². The third-order valence-corrected chi connectivity index (χ3v) is 3.75. The number of carbonyl (C=O) groups excluding carboxylic acids is 1. The first-order valence-electron chi connectivity index (χ1n) is 7.46. The van der Waals surface area contributed by atoms with Crippen LogP contribution in [0.5, 0.6) is 0 Å². The lowest BCUT2D eigenvalue weighted by atomic mass is 10.1. The highest BCUT2D eigenvalue weighted by atomic mass is 16.4. The Morgan fingerprint density at radius 1 is 1.30 bits per heavy atom. The number of nitrogens with zero attached hydrogens (tertiary/aromatic N) is 3. The smallest absolute Gasteiger partial charge is 0.287 e. The van der Waals surface area contributed by atoms with E-state index in [1.807, 2.05) is 13.0 Å². The van der Waals surface area contributed by atoms with Crippen LogP contribution in [0.1, 0.15) is 27.4 Å². The van der Waals surface area contributed by atoms with Crippen molar-refractivity contribution in [2.24, 2.45) is 5.73 Å². The lowest BCUT2D eigenvalue weighted by molar-refractivity contribution is 0.0925. The Balaban J connectivity index is 1.81. The molecule has 0 aliphatic heterocycles. The number of furan rings is 1. The molecule has 1 amide bonds. The van der Waals surface area contributed by atoms with Gasteiger partial charge in [0.05, 0.1) is 5.52 Å². The number of carbonyl (C=O) groups is 1. The number of rotatable bonds is 5. The Labute approximate surface area is 133 Å². The van der Waals surface area contributed by atoms with Crippen molar-refractivity contribution in [3.8, 4) is 0 Å². The summed E-state index contributed by atoms with van der Waals surface area (Å²) in [5.74, 6) is 0.648. The minimum atomic E-state index is -0.267. The van der Waals surface area contributed by atoms with Gasteiger partial charge in [0, 0.05) is 13.1 Å². The van der Waals surface area contributed by atoms with E-state index in [2.05, 4.69) is 28.6 Å². The summed E-state index contributed by atoms with van der Waals surface area (Å²) in [5, 5.41) is 11.0. The van der Waals surface area contributed by atoms with Gasteiger partial charge in [0.1, 0.15) is 17.8 Å². The zero-order valence-corrected chi connectivity index (χ0v) is 13.2. The molecule has 0 bridgehead atoms. The largest absolute Gasteiger partial charge is 0.454 e. The highest BCUT2D eigenvalue weighted by Crippen LogP contribution is 2.18. The highest BCUT2D eigenvalue weighted by molar-refractivity contribution is 5.91. The summed E-state index contributed by atoms with van der Waals surface area (Å²) in [6.07, 6.45) is 0. The Hall–Kier alpha value is -2.67. The number of aromatic nitrogens is 3. The van der Waals surface area contributed by atoms with Crippen molar-refractivity contribution < 1.29 is 9.21 Å². The Kier molecular flexibility index (Phi) is 4.12. The second-order valence-electron chi connectivity index (χ2n) is 5.48. The fourth-order valence-corrected chi connectivity index (χ4v) is 2.35. The first-order valence-corrected chi connectivity index (χ1v) is 7.46. The molecule has 23 heavy (non-hydrogen) atoms. The number of fused-ring (bicyclic) bond motifs is 1. The molecule has 1 aromatic carbocycles. The molecule has 0 aliphatic carbocycles. The number of aryl methyl sites for hydroxylation is 2. The van der Waals surface area contributed by atoms with Crippen molar-refractivity contribution in [3.05, 3.63) is 46.9 Å². The van der Waals surface area contributed by atoms with Gasteiger partial charge in [-0.3, -0.25) is 4.79 Å². The van der Waals surface area contributed by atoms with Crippen LogP contribution in [0.3, 0.4) is 0 Å². The predicted molar refractivity (Wildman–Crippen MR) is 86.2 cm³/mol. The molecule has 120 valence electrons. The van der Waals surface area contributed by atoms with Gasteiger partial charge >= 0.3 is 0 Å². The molecule has 0 fully saturated rings. The van der Waals surface area contributed by atoms with Gasteiger partial charge in [-0.25, -0.2) is 4.68 Å². The summed E-state index contributed by atoms with van der Waals surface area (Å²) in [6.45, 7) is 5.33. The predicted octanol–water partition coefficient (Wildman–Crippen LogP) is 1.38. The summed E-state index contributed by atoms with van der Waals surface area (Å²) in [5.41, 5.74) is 9.52. The summed E-state index contributed by atoms with van der Waals surface area (Å²) < 4.78 is 7.34. The third kappa shape index (κ3) is 3.09. The molecule has 0 radical (unpaired) electrons. The molecule has 2 aromatic heterocycles. The molecule has 0 saturated carbocycles. The Morgan fingerprint density at radius 2 is 2.09 bits per heavy atom. The van der Waals surface area contributed by atoms with Crippen LogP contribution in [-0.2, 0) is 6.54 Å². The highest BCUT2D eigenvalue weighted by Gasteiger charge is 2.13. The van der Waals surface area contributed by atoms with Gasteiger partial charge < -0.3 is 15.5 Å². The van der Waals surface area contributed by atoms with Crippen molar-refractivity contribution in [1.82, 2.24) is 20.3 Å². The molecular weight excluding hydrogens is 294 g/mol. The van der Waals surface area contributed by atoms with Crippen LogP contribution in [0.25, 0.3) is 11.0 Å². The fourth-order valence-electron chi connectivity index (χ4n) is 2.35. The van der Waals surface area contributed by atoms with Crippen LogP contribution in [0.4, 0.5) is 0 Å². The van der Waals surface area contributed by atoms with Crippen molar-refractivity contribution in [3.63, 3.8) is 0 Å². The number of nitrogens with one attached hydrogen (secondary N) is 1. The molecule has 0 aliphatic rings. The zero-order chi connectivity index (χ0) is 16.4. The maximum atomic E-state index is 11.8. The average molecular weight is 313 g/mol. The molecule has 0 unspecified atom stereocenters. The lowest BCUT2D eigenvalue weighted by Crippen LogP contribution is -2.28. The minimum Gasteiger partial charge on any atom is -0.454 e. The molecule has 0 spiro atoms. The van der Waals surface area contributed by atoms with E-state index in [1.54, 1.807) is 16.8 Å². The maximum Gasteiger partial charge on any atom is 0.287 e. The SMILES string of the molecule is Cc1cc2nnn(Cc3ccc(C(=O)NCCN)o3)c2cc1C. The number of amides is 1. The second-order valence-corrected chi connectivity index (χ2v) is 5.48. The van der Waals surface area contributed by atoms with Crippen LogP contribution in [0, 0.1) is 13.8 Å². The lowest BCUT2D eigenvalue weighted by Gasteiger charge is -2.03. The average Bonchev–Trinajstić information content (AvgIpc) is 3.14. The van der Waals surface area contributed by atoms with Gasteiger partial charge in [-0.15, -0.1) is 5.10 Å². The topological polar surface area (TPSA) is 99.0 Å². The van der Waals surface area contributed by atoms with E-state index in [1.165, 1.54) is 11.1 Å². The van der Waals surface area contributed by atoms with Crippen molar-refractivity contribution >= 4 is 16.9 Å². The molecule has 3 N–H and O–H groups in total. The van der Waals surface area contributed by atoms with Crippen LogP contribution in [0.2, 0.25) is 0 Å². The maximum absolute atomic E-state index is 11.8. The molecule has 2 heterocycles. The zero-order valence-electron chi connectivity index (χ0n) is 13.2. The summed E-state index contributed by atoms with van der Waals surface area (Å²) in [6, 6.07) is 7.49. The molecule has 7 heteroatoms. The van der Waals surface area contributed by atoms with Gasteiger partial charge in [-0.2, -0.15) is 0 Å². The molecule has 0 atom stereocenters. The molecule has 0 saturated heterocycles. The summed E-state index contributed by atoms with van der Waals surface area (Å²) >= 11 is 0. The van der Waals surface area contributed by atoms with Gasteiger partial charge in [0.15, 0.2) is 5.76 Å². The number of hydrogen-bond acceptors (Lipinski definition) is 5. The van der Waals surface area contributed by atoms with Crippen LogP contribution in [-0.4, -0.2) is 34.0 Å². The number of benzene rings is 1. The number of nitrogens with two attached hydrogens (primary N) is 1. The van der Waals surface area contributed by atoms with E-state index in [9.17, 15) is 4.79 Å². The van der Waals surface area contributed by atoms with E-state index in [4.69, 9.17) is 10.2 Å². The van der Waals surface area contributed by atoms with Gasteiger partial charge in [-0.05, 0) is 49.2 Å². The van der Waals surface area contributed by atoms with Crippen LogP contribution < -0.4 is 11.1 Å². The van der Waals surface area contributed by atoms with Gasteiger partial charge in [-0.1, -0.05) is 5.21 Å². The number of hydrogen-bond donors (Lipinski definition) is 2. The van der Waals surface area contributed by atoms with E-state index in [0.29, 0.717) is 25.4 Å². The van der Waals surface area contributed by atoms with E-state index >= 15 is 0 Å². The molecule has 3 rings (SSSR count). The molecule has 3 aromatic rings. The van der Waals surface area contributed by atoms with E-state index < -0.39 is 0 Å². The van der Waals surface area contributed by atoms with Crippen LogP contribution in [0.15, 0.2) is 28.7 Å².